The molecule has 0 amide bonds. The molecule has 14 heavy (non-hydrogen) atoms. The van der Waals surface area contributed by atoms with Crippen molar-refractivity contribution in [2.45, 2.75) is 23.5 Å². The van der Waals surface area contributed by atoms with Gasteiger partial charge in [-0.25, -0.2) is 18.4 Å². The Morgan fingerprint density at radius 1 is 1.50 bits per heavy atom. The van der Waals surface area contributed by atoms with E-state index in [-0.39, 0.29) is 5.16 Å². The van der Waals surface area contributed by atoms with E-state index < -0.39 is 15.4 Å². The van der Waals surface area contributed by atoms with Crippen LogP contribution in [0.4, 0.5) is 0 Å². The van der Waals surface area contributed by atoms with Crippen LogP contribution in [-0.2, 0) is 15.4 Å². The molecule has 6 heteroatoms. The SMILES string of the molecule is CS(=O)(=O)c1nccc(C2(N)CC2)n1. The highest BCUT2D eigenvalue weighted by molar-refractivity contribution is 7.90. The van der Waals surface area contributed by atoms with Gasteiger partial charge in [0.25, 0.3) is 0 Å². The molecule has 2 N–H and O–H groups in total. The summed E-state index contributed by atoms with van der Waals surface area (Å²) in [6.45, 7) is 0. The highest BCUT2D eigenvalue weighted by Crippen LogP contribution is 2.41. The van der Waals surface area contributed by atoms with E-state index in [9.17, 15) is 8.42 Å². The molecule has 0 radical (unpaired) electrons. The van der Waals surface area contributed by atoms with E-state index in [1.54, 1.807) is 6.07 Å². The van der Waals surface area contributed by atoms with E-state index in [2.05, 4.69) is 9.97 Å². The first-order chi connectivity index (χ1) is 6.42. The van der Waals surface area contributed by atoms with Crippen LogP contribution in [0.5, 0.6) is 0 Å². The summed E-state index contributed by atoms with van der Waals surface area (Å²) in [5.41, 5.74) is 6.10. The summed E-state index contributed by atoms with van der Waals surface area (Å²) in [5, 5.41) is -0.147. The maximum Gasteiger partial charge on any atom is 0.247 e. The molecule has 76 valence electrons. The van der Waals surface area contributed by atoms with Gasteiger partial charge >= 0.3 is 0 Å². The zero-order valence-corrected chi connectivity index (χ0v) is 8.58. The molecule has 1 aliphatic rings. The molecule has 0 spiro atoms. The van der Waals surface area contributed by atoms with Gasteiger partial charge in [-0.1, -0.05) is 0 Å². The molecular weight excluding hydrogens is 202 g/mol. The maximum atomic E-state index is 11.2. The van der Waals surface area contributed by atoms with E-state index in [0.717, 1.165) is 19.1 Å². The number of nitrogens with two attached hydrogens (primary N) is 1. The molecule has 0 atom stereocenters. The van der Waals surface area contributed by atoms with Gasteiger partial charge in [0, 0.05) is 12.5 Å². The molecule has 1 saturated carbocycles. The van der Waals surface area contributed by atoms with Crippen molar-refractivity contribution in [1.29, 1.82) is 0 Å². The topological polar surface area (TPSA) is 85.9 Å². The Labute approximate surface area is 82.3 Å². The van der Waals surface area contributed by atoms with Gasteiger partial charge in [0.05, 0.1) is 11.2 Å². The lowest BCUT2D eigenvalue weighted by Gasteiger charge is -2.07. The number of rotatable bonds is 2. The minimum atomic E-state index is -3.34. The maximum absolute atomic E-state index is 11.2. The van der Waals surface area contributed by atoms with Crippen LogP contribution in [0.3, 0.4) is 0 Å². The molecule has 0 aliphatic heterocycles. The average Bonchev–Trinajstić information content (AvgIpc) is 2.84. The Balaban J connectivity index is 2.47. The zero-order chi connectivity index (χ0) is 10.4. The Kier molecular flexibility index (Phi) is 1.87. The van der Waals surface area contributed by atoms with Crippen molar-refractivity contribution in [1.82, 2.24) is 9.97 Å². The molecule has 1 heterocycles. The van der Waals surface area contributed by atoms with Gasteiger partial charge in [0.15, 0.2) is 0 Å². The average molecular weight is 213 g/mol. The van der Waals surface area contributed by atoms with Crippen LogP contribution in [0.15, 0.2) is 17.4 Å². The van der Waals surface area contributed by atoms with Crippen molar-refractivity contribution in [3.05, 3.63) is 18.0 Å². The second-order valence-corrected chi connectivity index (χ2v) is 5.56. The predicted molar refractivity (Wildman–Crippen MR) is 50.2 cm³/mol. The largest absolute Gasteiger partial charge is 0.320 e. The third-order valence-corrected chi connectivity index (χ3v) is 3.12. The van der Waals surface area contributed by atoms with E-state index in [0.29, 0.717) is 5.69 Å². The van der Waals surface area contributed by atoms with Gasteiger partial charge in [-0.05, 0) is 18.9 Å². The fraction of sp³-hybridized carbons (Fsp3) is 0.500. The van der Waals surface area contributed by atoms with Crippen LogP contribution in [0.25, 0.3) is 0 Å². The Morgan fingerprint density at radius 2 is 2.14 bits per heavy atom. The molecule has 0 aromatic carbocycles. The summed E-state index contributed by atoms with van der Waals surface area (Å²) in [6, 6.07) is 1.67. The van der Waals surface area contributed by atoms with Crippen LogP contribution in [0, 0.1) is 0 Å². The molecule has 2 rings (SSSR count). The standard InChI is InChI=1S/C8H11N3O2S/c1-14(12,13)7-10-5-2-6(11-7)8(9)3-4-8/h2,5H,3-4,9H2,1H3. The van der Waals surface area contributed by atoms with Crippen molar-refractivity contribution in [2.24, 2.45) is 5.73 Å². The monoisotopic (exact) mass is 213 g/mol. The van der Waals surface area contributed by atoms with E-state index >= 15 is 0 Å². The lowest BCUT2D eigenvalue weighted by Crippen LogP contribution is -2.21. The summed E-state index contributed by atoms with van der Waals surface area (Å²) in [7, 11) is -3.34. The van der Waals surface area contributed by atoms with Crippen LogP contribution in [0.1, 0.15) is 18.5 Å². The first-order valence-corrected chi connectivity index (χ1v) is 6.13. The Morgan fingerprint density at radius 3 is 2.64 bits per heavy atom. The summed E-state index contributed by atoms with van der Waals surface area (Å²) in [6.07, 6.45) is 4.23. The normalized spacial score (nSPS) is 19.3. The lowest BCUT2D eigenvalue weighted by atomic mass is 10.2. The smallest absolute Gasteiger partial charge is 0.247 e. The minimum absolute atomic E-state index is 0.147. The number of hydrogen-bond donors (Lipinski definition) is 1. The molecule has 1 fully saturated rings. The lowest BCUT2D eigenvalue weighted by molar-refractivity contribution is 0.588. The van der Waals surface area contributed by atoms with Gasteiger partial charge in [-0.15, -0.1) is 0 Å². The van der Waals surface area contributed by atoms with Crippen molar-refractivity contribution < 1.29 is 8.42 Å². The second-order valence-electron chi connectivity index (χ2n) is 3.65. The van der Waals surface area contributed by atoms with Crippen molar-refractivity contribution >= 4 is 9.84 Å². The summed E-state index contributed by atoms with van der Waals surface area (Å²) < 4.78 is 22.3. The van der Waals surface area contributed by atoms with E-state index in [4.69, 9.17) is 5.73 Å². The van der Waals surface area contributed by atoms with Crippen LogP contribution < -0.4 is 5.73 Å². The predicted octanol–water partition coefficient (Wildman–Crippen LogP) is -0.172. The Bertz CT molecular complexity index is 465. The fourth-order valence-corrected chi connectivity index (χ4v) is 1.70. The van der Waals surface area contributed by atoms with E-state index in [1.807, 2.05) is 0 Å². The highest BCUT2D eigenvalue weighted by atomic mass is 32.2. The first-order valence-electron chi connectivity index (χ1n) is 4.24. The Hall–Kier alpha value is -1.01. The zero-order valence-electron chi connectivity index (χ0n) is 7.77. The summed E-state index contributed by atoms with van der Waals surface area (Å²) in [5.74, 6) is 0. The van der Waals surface area contributed by atoms with Crippen molar-refractivity contribution in [3.63, 3.8) is 0 Å². The second kappa shape index (κ2) is 2.74. The number of hydrogen-bond acceptors (Lipinski definition) is 5. The van der Waals surface area contributed by atoms with E-state index in [1.165, 1.54) is 6.20 Å². The number of nitrogens with zero attached hydrogens (tertiary/aromatic N) is 2. The third-order valence-electron chi connectivity index (χ3n) is 2.26. The number of sulfone groups is 1. The third kappa shape index (κ3) is 1.62. The van der Waals surface area contributed by atoms with Gasteiger partial charge in [0.1, 0.15) is 0 Å². The van der Waals surface area contributed by atoms with Crippen LogP contribution in [-0.4, -0.2) is 24.6 Å². The molecule has 0 unspecified atom stereocenters. The summed E-state index contributed by atoms with van der Waals surface area (Å²) in [4.78, 5) is 7.65. The van der Waals surface area contributed by atoms with Crippen molar-refractivity contribution in [3.8, 4) is 0 Å². The molecule has 1 aromatic heterocycles. The molecule has 5 nitrogen and oxygen atoms in total. The molecule has 0 bridgehead atoms. The van der Waals surface area contributed by atoms with Gasteiger partial charge in [-0.3, -0.25) is 0 Å². The van der Waals surface area contributed by atoms with Crippen molar-refractivity contribution in [2.75, 3.05) is 6.26 Å². The van der Waals surface area contributed by atoms with Crippen LogP contribution >= 0.6 is 0 Å². The highest BCUT2D eigenvalue weighted by Gasteiger charge is 2.41. The van der Waals surface area contributed by atoms with Gasteiger partial charge < -0.3 is 5.73 Å². The van der Waals surface area contributed by atoms with Gasteiger partial charge in [-0.2, -0.15) is 0 Å². The van der Waals surface area contributed by atoms with Crippen LogP contribution in [0.2, 0.25) is 0 Å². The summed E-state index contributed by atoms with van der Waals surface area (Å²) >= 11 is 0. The molecule has 1 aromatic rings. The fourth-order valence-electron chi connectivity index (χ4n) is 1.19. The molecular formula is C8H11N3O2S. The first kappa shape index (κ1) is 9.54. The molecule has 1 aliphatic carbocycles. The molecule has 0 saturated heterocycles. The minimum Gasteiger partial charge on any atom is -0.320 e. The van der Waals surface area contributed by atoms with Gasteiger partial charge in [0.2, 0.25) is 15.0 Å². The number of aromatic nitrogens is 2. The quantitative estimate of drug-likeness (QED) is 0.689.